The van der Waals surface area contributed by atoms with E-state index in [2.05, 4.69) is 69.2 Å². The highest BCUT2D eigenvalue weighted by Crippen LogP contribution is 2.13. The van der Waals surface area contributed by atoms with Crippen LogP contribution in [0, 0.1) is 6.92 Å². The second-order valence-corrected chi connectivity index (χ2v) is 5.39. The quantitative estimate of drug-likeness (QED) is 0.797. The number of hydrogen-bond acceptors (Lipinski definition) is 2. The van der Waals surface area contributed by atoms with Crippen molar-refractivity contribution in [3.8, 4) is 0 Å². The first kappa shape index (κ1) is 15.2. The van der Waals surface area contributed by atoms with Gasteiger partial charge in [0.2, 0.25) is 0 Å². The number of benzene rings is 1. The molecule has 0 fully saturated rings. The number of nitrogens with zero attached hydrogens (tertiary/aromatic N) is 1. The second kappa shape index (κ2) is 7.55. The molecule has 0 aromatic heterocycles. The van der Waals surface area contributed by atoms with Gasteiger partial charge in [0.05, 0.1) is 0 Å². The maximum Gasteiger partial charge on any atom is 0.0236 e. The molecule has 0 radical (unpaired) electrons. The van der Waals surface area contributed by atoms with E-state index in [1.165, 1.54) is 17.5 Å². The summed E-state index contributed by atoms with van der Waals surface area (Å²) in [6.45, 7) is 11.0. The van der Waals surface area contributed by atoms with E-state index in [0.29, 0.717) is 12.1 Å². The lowest BCUT2D eigenvalue weighted by Crippen LogP contribution is -2.36. The minimum atomic E-state index is 0.587. The fraction of sp³-hybridized carbons (Fsp3) is 0.625. The maximum absolute atomic E-state index is 3.48. The van der Waals surface area contributed by atoms with E-state index in [1.807, 2.05) is 0 Å². The Labute approximate surface area is 112 Å². The van der Waals surface area contributed by atoms with Gasteiger partial charge in [-0.1, -0.05) is 31.2 Å². The monoisotopic (exact) mass is 248 g/mol. The van der Waals surface area contributed by atoms with E-state index in [9.17, 15) is 0 Å². The molecule has 0 aliphatic rings. The third-order valence-electron chi connectivity index (χ3n) is 3.68. The first-order valence-electron chi connectivity index (χ1n) is 7.02. The number of nitrogens with one attached hydrogen (secondary N) is 1. The van der Waals surface area contributed by atoms with Crippen molar-refractivity contribution >= 4 is 0 Å². The van der Waals surface area contributed by atoms with Crippen molar-refractivity contribution in [3.63, 3.8) is 0 Å². The Balaban J connectivity index is 2.49. The number of hydrogen-bond donors (Lipinski definition) is 1. The van der Waals surface area contributed by atoms with Crippen LogP contribution in [0.25, 0.3) is 0 Å². The zero-order chi connectivity index (χ0) is 13.5. The van der Waals surface area contributed by atoms with Gasteiger partial charge in [0, 0.05) is 18.6 Å². The topological polar surface area (TPSA) is 15.3 Å². The molecule has 2 atom stereocenters. The average molecular weight is 248 g/mol. The van der Waals surface area contributed by atoms with Gasteiger partial charge in [-0.05, 0) is 51.9 Å². The third-order valence-corrected chi connectivity index (χ3v) is 3.68. The summed E-state index contributed by atoms with van der Waals surface area (Å²) in [6, 6.07) is 9.84. The molecule has 0 spiro atoms. The van der Waals surface area contributed by atoms with Gasteiger partial charge in [0.15, 0.2) is 0 Å². The summed E-state index contributed by atoms with van der Waals surface area (Å²) < 4.78 is 0. The van der Waals surface area contributed by atoms with Crippen molar-refractivity contribution in [2.24, 2.45) is 0 Å². The van der Waals surface area contributed by atoms with Crippen LogP contribution in [-0.4, -0.2) is 30.6 Å². The Morgan fingerprint density at radius 1 is 1.22 bits per heavy atom. The molecule has 0 amide bonds. The fourth-order valence-corrected chi connectivity index (χ4v) is 2.34. The summed E-state index contributed by atoms with van der Waals surface area (Å²) in [6.07, 6.45) is 1.19. The average Bonchev–Trinajstić information content (AvgIpc) is 2.32. The Morgan fingerprint density at radius 2 is 1.89 bits per heavy atom. The van der Waals surface area contributed by atoms with E-state index >= 15 is 0 Å². The van der Waals surface area contributed by atoms with Crippen LogP contribution in [-0.2, 0) is 6.54 Å². The van der Waals surface area contributed by atoms with Crippen molar-refractivity contribution in [3.05, 3.63) is 35.4 Å². The smallest absolute Gasteiger partial charge is 0.0236 e. The standard InChI is InChI=1S/C16H28N2/c1-6-17-14(3)11-15(4)18(5)12-16-10-8-7-9-13(16)2/h7-10,14-15,17H,6,11-12H2,1-5H3. The summed E-state index contributed by atoms with van der Waals surface area (Å²) in [4.78, 5) is 2.44. The maximum atomic E-state index is 3.48. The Kier molecular flexibility index (Phi) is 6.37. The summed E-state index contributed by atoms with van der Waals surface area (Å²) in [7, 11) is 2.22. The highest BCUT2D eigenvalue weighted by molar-refractivity contribution is 5.25. The predicted molar refractivity (Wildman–Crippen MR) is 79.9 cm³/mol. The summed E-state index contributed by atoms with van der Waals surface area (Å²) in [5.74, 6) is 0. The molecule has 1 aromatic carbocycles. The molecule has 1 aromatic rings. The van der Waals surface area contributed by atoms with Crippen LogP contribution in [0.15, 0.2) is 24.3 Å². The molecule has 0 heterocycles. The van der Waals surface area contributed by atoms with Gasteiger partial charge < -0.3 is 5.32 Å². The molecule has 18 heavy (non-hydrogen) atoms. The normalized spacial score (nSPS) is 14.8. The Morgan fingerprint density at radius 3 is 2.50 bits per heavy atom. The molecule has 1 rings (SSSR count). The molecule has 102 valence electrons. The molecule has 0 bridgehead atoms. The molecule has 2 unspecified atom stereocenters. The van der Waals surface area contributed by atoms with Gasteiger partial charge in [-0.25, -0.2) is 0 Å². The van der Waals surface area contributed by atoms with Gasteiger partial charge in [-0.3, -0.25) is 4.90 Å². The lowest BCUT2D eigenvalue weighted by atomic mass is 10.1. The first-order chi connectivity index (χ1) is 8.54. The van der Waals surface area contributed by atoms with Gasteiger partial charge in [0.1, 0.15) is 0 Å². The van der Waals surface area contributed by atoms with Crippen LogP contribution < -0.4 is 5.32 Å². The summed E-state index contributed by atoms with van der Waals surface area (Å²) >= 11 is 0. The van der Waals surface area contributed by atoms with Crippen molar-refractivity contribution < 1.29 is 0 Å². The van der Waals surface area contributed by atoms with Crippen molar-refractivity contribution in [2.45, 2.75) is 52.7 Å². The molecule has 0 saturated heterocycles. The number of aryl methyl sites for hydroxylation is 1. The van der Waals surface area contributed by atoms with Crippen molar-refractivity contribution in [1.29, 1.82) is 0 Å². The highest BCUT2D eigenvalue weighted by atomic mass is 15.1. The molecule has 0 saturated carbocycles. The lowest BCUT2D eigenvalue weighted by molar-refractivity contribution is 0.223. The zero-order valence-electron chi connectivity index (χ0n) is 12.5. The minimum absolute atomic E-state index is 0.587. The fourth-order valence-electron chi connectivity index (χ4n) is 2.34. The van der Waals surface area contributed by atoms with E-state index in [-0.39, 0.29) is 0 Å². The minimum Gasteiger partial charge on any atom is -0.314 e. The van der Waals surface area contributed by atoms with Crippen LogP contribution >= 0.6 is 0 Å². The molecule has 2 nitrogen and oxygen atoms in total. The van der Waals surface area contributed by atoms with Crippen molar-refractivity contribution in [2.75, 3.05) is 13.6 Å². The lowest BCUT2D eigenvalue weighted by Gasteiger charge is -2.28. The zero-order valence-corrected chi connectivity index (χ0v) is 12.5. The highest BCUT2D eigenvalue weighted by Gasteiger charge is 2.13. The molecule has 2 heteroatoms. The van der Waals surface area contributed by atoms with Crippen LogP contribution in [0.3, 0.4) is 0 Å². The first-order valence-corrected chi connectivity index (χ1v) is 7.02. The SMILES string of the molecule is CCNC(C)CC(C)N(C)Cc1ccccc1C. The second-order valence-electron chi connectivity index (χ2n) is 5.39. The van der Waals surface area contributed by atoms with Crippen LogP contribution in [0.1, 0.15) is 38.3 Å². The van der Waals surface area contributed by atoms with E-state index in [4.69, 9.17) is 0 Å². The Hall–Kier alpha value is -0.860. The van der Waals surface area contributed by atoms with E-state index in [0.717, 1.165) is 13.1 Å². The molecule has 0 aliphatic heterocycles. The van der Waals surface area contributed by atoms with Crippen LogP contribution in [0.2, 0.25) is 0 Å². The van der Waals surface area contributed by atoms with Crippen molar-refractivity contribution in [1.82, 2.24) is 10.2 Å². The molecule has 1 N–H and O–H groups in total. The predicted octanol–water partition coefficient (Wildman–Crippen LogP) is 3.20. The molecular formula is C16H28N2. The number of rotatable bonds is 7. The molecular weight excluding hydrogens is 220 g/mol. The van der Waals surface area contributed by atoms with Gasteiger partial charge in [-0.15, -0.1) is 0 Å². The molecule has 0 aliphatic carbocycles. The van der Waals surface area contributed by atoms with Gasteiger partial charge in [-0.2, -0.15) is 0 Å². The van der Waals surface area contributed by atoms with E-state index in [1.54, 1.807) is 0 Å². The van der Waals surface area contributed by atoms with E-state index < -0.39 is 0 Å². The third kappa shape index (κ3) is 4.79. The summed E-state index contributed by atoms with van der Waals surface area (Å²) in [5.41, 5.74) is 2.82. The van der Waals surface area contributed by atoms with Gasteiger partial charge in [0.25, 0.3) is 0 Å². The van der Waals surface area contributed by atoms with Crippen LogP contribution in [0.4, 0.5) is 0 Å². The summed E-state index contributed by atoms with van der Waals surface area (Å²) in [5, 5.41) is 3.48. The largest absolute Gasteiger partial charge is 0.314 e. The van der Waals surface area contributed by atoms with Gasteiger partial charge >= 0.3 is 0 Å². The Bertz CT molecular complexity index is 349. The van der Waals surface area contributed by atoms with Crippen LogP contribution in [0.5, 0.6) is 0 Å².